The zero-order valence-electron chi connectivity index (χ0n) is 15.9. The van der Waals surface area contributed by atoms with E-state index in [2.05, 4.69) is 31.8 Å². The molecule has 1 fully saturated rings. The number of carbonyl (C=O) groups is 1. The Labute approximate surface area is 146 Å². The Kier molecular flexibility index (Phi) is 4.95. The minimum absolute atomic E-state index is 0.118. The largest absolute Gasteiger partial charge is 0.430 e. The van der Waals surface area contributed by atoms with Gasteiger partial charge in [-0.15, -0.1) is 0 Å². The highest BCUT2D eigenvalue weighted by atomic mass is 16.5. The minimum Gasteiger partial charge on any atom is -0.430 e. The smallest absolute Gasteiger partial charge is 0.316 e. The van der Waals surface area contributed by atoms with Crippen LogP contribution in [0.15, 0.2) is 35.6 Å². The molecule has 1 aromatic rings. The predicted octanol–water partition coefficient (Wildman–Crippen LogP) is 5.26. The molecule has 0 aromatic heterocycles. The van der Waals surface area contributed by atoms with E-state index in [-0.39, 0.29) is 17.3 Å². The SMILES string of the molecule is CC(C)=C(OC(=O)C(C)(C)C)C1CC1(C)C#Cc1ccccc1C. The maximum absolute atomic E-state index is 12.3. The van der Waals surface area contributed by atoms with Crippen molar-refractivity contribution in [2.75, 3.05) is 0 Å². The van der Waals surface area contributed by atoms with Crippen LogP contribution in [0.5, 0.6) is 0 Å². The van der Waals surface area contributed by atoms with Crippen LogP contribution in [0.1, 0.15) is 59.1 Å². The molecule has 0 spiro atoms. The number of hydrogen-bond donors (Lipinski definition) is 0. The molecule has 24 heavy (non-hydrogen) atoms. The Bertz CT molecular complexity index is 733. The lowest BCUT2D eigenvalue weighted by Gasteiger charge is -2.19. The molecule has 0 bridgehead atoms. The maximum atomic E-state index is 12.3. The van der Waals surface area contributed by atoms with E-state index >= 15 is 0 Å². The third-order valence-electron chi connectivity index (χ3n) is 4.49. The van der Waals surface area contributed by atoms with Gasteiger partial charge in [0, 0.05) is 16.9 Å². The number of carbonyl (C=O) groups excluding carboxylic acids is 1. The average Bonchev–Trinajstić information content (AvgIpc) is 3.14. The lowest BCUT2D eigenvalue weighted by molar-refractivity contribution is -0.149. The van der Waals surface area contributed by atoms with Crippen LogP contribution in [0.25, 0.3) is 0 Å². The van der Waals surface area contributed by atoms with Gasteiger partial charge in [-0.05, 0) is 72.1 Å². The topological polar surface area (TPSA) is 26.3 Å². The van der Waals surface area contributed by atoms with E-state index in [1.807, 2.05) is 52.8 Å². The summed E-state index contributed by atoms with van der Waals surface area (Å²) >= 11 is 0. The molecular weight excluding hydrogens is 296 g/mol. The molecule has 2 atom stereocenters. The van der Waals surface area contributed by atoms with Crippen molar-refractivity contribution in [1.82, 2.24) is 0 Å². The standard InChI is InChI=1S/C22H28O2/c1-15(2)19(24-20(23)21(4,5)6)18-14-22(18,7)13-12-17-11-9-8-10-16(17)3/h8-11,18H,14H2,1-7H3. The van der Waals surface area contributed by atoms with Gasteiger partial charge in [0.2, 0.25) is 0 Å². The Morgan fingerprint density at radius 3 is 2.42 bits per heavy atom. The van der Waals surface area contributed by atoms with Crippen molar-refractivity contribution in [3.05, 3.63) is 46.7 Å². The first-order chi connectivity index (χ1) is 11.0. The van der Waals surface area contributed by atoms with Gasteiger partial charge in [-0.3, -0.25) is 4.79 Å². The van der Waals surface area contributed by atoms with Crippen molar-refractivity contribution in [2.24, 2.45) is 16.7 Å². The van der Waals surface area contributed by atoms with Crippen LogP contribution in [-0.4, -0.2) is 5.97 Å². The molecule has 0 saturated heterocycles. The molecule has 128 valence electrons. The molecule has 1 saturated carbocycles. The molecule has 2 nitrogen and oxygen atoms in total. The fourth-order valence-electron chi connectivity index (χ4n) is 2.58. The molecule has 0 radical (unpaired) electrons. The van der Waals surface area contributed by atoms with Gasteiger partial charge in [0.15, 0.2) is 0 Å². The molecule has 2 unspecified atom stereocenters. The van der Waals surface area contributed by atoms with Gasteiger partial charge in [-0.2, -0.15) is 0 Å². The zero-order valence-corrected chi connectivity index (χ0v) is 15.9. The summed E-state index contributed by atoms with van der Waals surface area (Å²) in [6.07, 6.45) is 0.934. The third-order valence-corrected chi connectivity index (χ3v) is 4.49. The first-order valence-corrected chi connectivity index (χ1v) is 8.53. The Balaban J connectivity index is 2.18. The number of allylic oxidation sites excluding steroid dienone is 2. The summed E-state index contributed by atoms with van der Waals surface area (Å²) in [6.45, 7) is 13.9. The van der Waals surface area contributed by atoms with Crippen molar-refractivity contribution < 1.29 is 9.53 Å². The van der Waals surface area contributed by atoms with Gasteiger partial charge in [0.1, 0.15) is 5.76 Å². The second-order valence-electron chi connectivity index (χ2n) is 8.24. The summed E-state index contributed by atoms with van der Waals surface area (Å²) in [4.78, 5) is 12.3. The summed E-state index contributed by atoms with van der Waals surface area (Å²) in [7, 11) is 0. The van der Waals surface area contributed by atoms with Crippen molar-refractivity contribution in [1.29, 1.82) is 0 Å². The first-order valence-electron chi connectivity index (χ1n) is 8.53. The summed E-state index contributed by atoms with van der Waals surface area (Å²) in [5, 5.41) is 0. The van der Waals surface area contributed by atoms with E-state index < -0.39 is 5.41 Å². The second kappa shape index (κ2) is 6.48. The predicted molar refractivity (Wildman–Crippen MR) is 98.2 cm³/mol. The summed E-state index contributed by atoms with van der Waals surface area (Å²) in [5.41, 5.74) is 2.69. The van der Waals surface area contributed by atoms with E-state index in [0.29, 0.717) is 0 Å². The molecular formula is C22H28O2. The van der Waals surface area contributed by atoms with Crippen LogP contribution in [0.2, 0.25) is 0 Å². The molecule has 1 aromatic carbocycles. The Morgan fingerprint density at radius 2 is 1.88 bits per heavy atom. The zero-order chi connectivity index (χ0) is 18.1. The van der Waals surface area contributed by atoms with Gasteiger partial charge in [0.05, 0.1) is 5.41 Å². The molecule has 2 rings (SSSR count). The number of aryl methyl sites for hydroxylation is 1. The lowest BCUT2D eigenvalue weighted by Crippen LogP contribution is -2.24. The highest BCUT2D eigenvalue weighted by molar-refractivity contribution is 5.76. The normalized spacial score (nSPS) is 22.2. The van der Waals surface area contributed by atoms with Crippen LogP contribution in [-0.2, 0) is 9.53 Å². The number of rotatable bonds is 2. The fraction of sp³-hybridized carbons (Fsp3) is 0.500. The third kappa shape index (κ3) is 4.09. The van der Waals surface area contributed by atoms with Crippen molar-refractivity contribution in [3.8, 4) is 11.8 Å². The molecule has 1 aliphatic carbocycles. The van der Waals surface area contributed by atoms with Crippen LogP contribution >= 0.6 is 0 Å². The fourth-order valence-corrected chi connectivity index (χ4v) is 2.58. The maximum Gasteiger partial charge on any atom is 0.316 e. The summed E-state index contributed by atoms with van der Waals surface area (Å²) in [6, 6.07) is 8.15. The van der Waals surface area contributed by atoms with Gasteiger partial charge in [0.25, 0.3) is 0 Å². The van der Waals surface area contributed by atoms with E-state index in [4.69, 9.17) is 4.74 Å². The number of benzene rings is 1. The van der Waals surface area contributed by atoms with Gasteiger partial charge in [-0.1, -0.05) is 30.0 Å². The monoisotopic (exact) mass is 324 g/mol. The molecule has 0 N–H and O–H groups in total. The first kappa shape index (κ1) is 18.3. The highest BCUT2D eigenvalue weighted by Crippen LogP contribution is 2.57. The van der Waals surface area contributed by atoms with E-state index in [1.54, 1.807) is 0 Å². The molecule has 0 aliphatic heterocycles. The van der Waals surface area contributed by atoms with Gasteiger partial charge >= 0.3 is 5.97 Å². The van der Waals surface area contributed by atoms with E-state index in [0.717, 1.165) is 23.3 Å². The molecule has 1 aliphatic rings. The van der Waals surface area contributed by atoms with Crippen molar-refractivity contribution in [2.45, 2.75) is 54.9 Å². The number of ether oxygens (including phenoxy) is 1. The van der Waals surface area contributed by atoms with Crippen LogP contribution in [0.3, 0.4) is 0 Å². The van der Waals surface area contributed by atoms with Crippen LogP contribution in [0, 0.1) is 35.5 Å². The highest BCUT2D eigenvalue weighted by Gasteiger charge is 2.53. The summed E-state index contributed by atoms with van der Waals surface area (Å²) in [5.74, 6) is 7.54. The molecule has 2 heteroatoms. The number of esters is 1. The van der Waals surface area contributed by atoms with E-state index in [9.17, 15) is 4.79 Å². The lowest BCUT2D eigenvalue weighted by atomic mass is 9.97. The van der Waals surface area contributed by atoms with Crippen molar-refractivity contribution in [3.63, 3.8) is 0 Å². The van der Waals surface area contributed by atoms with Crippen LogP contribution in [0.4, 0.5) is 0 Å². The minimum atomic E-state index is -0.501. The van der Waals surface area contributed by atoms with Gasteiger partial charge in [-0.25, -0.2) is 0 Å². The quantitative estimate of drug-likeness (QED) is 0.421. The number of hydrogen-bond acceptors (Lipinski definition) is 2. The van der Waals surface area contributed by atoms with Crippen molar-refractivity contribution >= 4 is 5.97 Å². The van der Waals surface area contributed by atoms with E-state index in [1.165, 1.54) is 5.56 Å². The Morgan fingerprint density at radius 1 is 1.25 bits per heavy atom. The van der Waals surface area contributed by atoms with Gasteiger partial charge < -0.3 is 4.74 Å². The average molecular weight is 324 g/mol. The molecule has 0 amide bonds. The molecule has 0 heterocycles. The Hall–Kier alpha value is -2.01. The van der Waals surface area contributed by atoms with Crippen LogP contribution < -0.4 is 0 Å². The second-order valence-corrected chi connectivity index (χ2v) is 8.24. The summed E-state index contributed by atoms with van der Waals surface area (Å²) < 4.78 is 5.74.